The van der Waals surface area contributed by atoms with E-state index in [0.29, 0.717) is 0 Å². The average Bonchev–Trinajstić information content (AvgIpc) is 1.84. The monoisotopic (exact) mass is 190 g/mol. The summed E-state index contributed by atoms with van der Waals surface area (Å²) in [5.41, 5.74) is 0. The number of hydrogen-bond donors (Lipinski definition) is 0. The molecule has 1 rings (SSSR count). The van der Waals surface area contributed by atoms with Gasteiger partial charge in [0.25, 0.3) is 0 Å². The van der Waals surface area contributed by atoms with Crippen LogP contribution in [0.2, 0.25) is 0 Å². The molecule has 1 saturated heterocycles. The Morgan fingerprint density at radius 3 is 1.10 bits per heavy atom. The van der Waals surface area contributed by atoms with Crippen molar-refractivity contribution in [2.24, 2.45) is 0 Å². The van der Waals surface area contributed by atoms with Gasteiger partial charge in [-0.15, -0.1) is 0 Å². The summed E-state index contributed by atoms with van der Waals surface area (Å²) in [5.74, 6) is 0. The van der Waals surface area contributed by atoms with Crippen LogP contribution in [-0.2, 0) is 0 Å². The zero-order valence-electron chi connectivity index (χ0n) is 5.41. The third kappa shape index (κ3) is 0.697. The van der Waals surface area contributed by atoms with E-state index in [9.17, 15) is 16.4 Å². The molecule has 2 nitrogen and oxygen atoms in total. The highest BCUT2D eigenvalue weighted by atomic mass is 28.6. The molecule has 10 heavy (non-hydrogen) atoms. The molecule has 0 saturated carbocycles. The van der Waals surface area contributed by atoms with Crippen molar-refractivity contribution in [1.82, 2.24) is 8.46 Å². The number of halogens is 4. The zero-order chi connectivity index (χ0) is 8.15. The molecule has 1 fully saturated rings. The highest BCUT2D eigenvalue weighted by Gasteiger charge is 2.78. The van der Waals surface area contributed by atoms with Gasteiger partial charge in [-0.1, -0.05) is 0 Å². The van der Waals surface area contributed by atoms with E-state index in [4.69, 9.17) is 0 Å². The summed E-state index contributed by atoms with van der Waals surface area (Å²) in [5, 5.41) is 0. The molecule has 1 aliphatic rings. The molecule has 0 spiro atoms. The Hall–Kier alpha value is 0.0738. The summed E-state index contributed by atoms with van der Waals surface area (Å²) in [7, 11) is -8.05. The van der Waals surface area contributed by atoms with E-state index >= 15 is 0 Å². The van der Waals surface area contributed by atoms with Crippen molar-refractivity contribution in [2.75, 3.05) is 14.1 Å². The molecular weight excluding hydrogens is 184 g/mol. The second kappa shape index (κ2) is 1.81. The van der Waals surface area contributed by atoms with Crippen LogP contribution in [0.15, 0.2) is 0 Å². The smallest absolute Gasteiger partial charge is 0.238 e. The van der Waals surface area contributed by atoms with Crippen molar-refractivity contribution in [3.63, 3.8) is 0 Å². The first-order chi connectivity index (χ1) is 4.31. The fraction of sp³-hybridized carbons (Fsp3) is 1.00. The maximum absolute atomic E-state index is 12.4. The lowest BCUT2D eigenvalue weighted by Crippen LogP contribution is -2.85. The van der Waals surface area contributed by atoms with Gasteiger partial charge in [0.05, 0.1) is 0 Å². The van der Waals surface area contributed by atoms with Gasteiger partial charge in [0.2, 0.25) is 0 Å². The largest absolute Gasteiger partial charge is 0.595 e. The van der Waals surface area contributed by atoms with Crippen LogP contribution in [0.4, 0.5) is 16.4 Å². The van der Waals surface area contributed by atoms with E-state index in [-0.39, 0.29) is 8.46 Å². The summed E-state index contributed by atoms with van der Waals surface area (Å²) in [4.78, 5) is 0. The summed E-state index contributed by atoms with van der Waals surface area (Å²) < 4.78 is 49.4. The minimum atomic E-state index is -4.81. The van der Waals surface area contributed by atoms with Crippen molar-refractivity contribution in [3.8, 4) is 0 Å². The first-order valence-corrected chi connectivity index (χ1v) is 5.85. The molecule has 0 aromatic heterocycles. The van der Waals surface area contributed by atoms with Crippen molar-refractivity contribution in [3.05, 3.63) is 0 Å². The minimum Gasteiger partial charge on any atom is -0.238 e. The SMILES string of the molecule is CN1[Si](F)(F)N(C)[Si]1(F)F. The van der Waals surface area contributed by atoms with Crippen LogP contribution in [0, 0.1) is 0 Å². The molecule has 0 aromatic carbocycles. The van der Waals surface area contributed by atoms with E-state index < -0.39 is 18.1 Å². The van der Waals surface area contributed by atoms with Crippen LogP contribution >= 0.6 is 0 Å². The van der Waals surface area contributed by atoms with Crippen molar-refractivity contribution < 1.29 is 16.4 Å². The second-order valence-electron chi connectivity index (χ2n) is 2.14. The van der Waals surface area contributed by atoms with Crippen LogP contribution < -0.4 is 0 Å². The topological polar surface area (TPSA) is 6.48 Å². The van der Waals surface area contributed by atoms with E-state index in [0.717, 1.165) is 14.1 Å². The predicted octanol–water partition coefficient (Wildman–Crippen LogP) is 0.613. The van der Waals surface area contributed by atoms with E-state index in [2.05, 4.69) is 0 Å². The normalized spacial score (nSPS) is 31.8. The Kier molecular flexibility index (Phi) is 1.48. The maximum atomic E-state index is 12.4. The number of nitrogens with zero attached hydrogens (tertiary/aromatic N) is 2. The molecule has 0 atom stereocenters. The van der Waals surface area contributed by atoms with Crippen LogP contribution in [0.25, 0.3) is 0 Å². The van der Waals surface area contributed by atoms with Gasteiger partial charge in [-0.25, -0.2) is 24.9 Å². The Morgan fingerprint density at radius 2 is 1.00 bits per heavy atom. The number of rotatable bonds is 0. The molecular formula is C2H6F4N2Si2. The molecule has 0 unspecified atom stereocenters. The summed E-state index contributed by atoms with van der Waals surface area (Å²) in [6.45, 7) is 0. The lowest BCUT2D eigenvalue weighted by molar-refractivity contribution is 0.225. The third-order valence-electron chi connectivity index (χ3n) is 1.61. The van der Waals surface area contributed by atoms with Gasteiger partial charge in [0, 0.05) is 0 Å². The van der Waals surface area contributed by atoms with Crippen LogP contribution in [0.5, 0.6) is 0 Å². The van der Waals surface area contributed by atoms with E-state index in [1.165, 1.54) is 0 Å². The minimum absolute atomic E-state index is 0.0139. The molecule has 0 N–H and O–H groups in total. The van der Waals surface area contributed by atoms with Gasteiger partial charge in [-0.3, -0.25) is 0 Å². The second-order valence-corrected chi connectivity index (χ2v) is 7.75. The molecule has 0 amide bonds. The molecule has 0 radical (unpaired) electrons. The first-order valence-electron chi connectivity index (χ1n) is 2.54. The first kappa shape index (κ1) is 8.17. The lowest BCUT2D eigenvalue weighted by Gasteiger charge is -2.47. The highest BCUT2D eigenvalue weighted by Crippen LogP contribution is 2.38. The van der Waals surface area contributed by atoms with Gasteiger partial charge in [0.15, 0.2) is 0 Å². The highest BCUT2D eigenvalue weighted by molar-refractivity contribution is 6.93. The van der Waals surface area contributed by atoms with Crippen LogP contribution in [0.1, 0.15) is 0 Å². The van der Waals surface area contributed by atoms with Crippen LogP contribution in [0.3, 0.4) is 0 Å². The standard InChI is InChI=1S/C2H6F4N2Si2/c1-7-9(3,4)8(2)10(7,5)6/h1-2H3. The molecule has 60 valence electrons. The molecule has 0 aromatic rings. The molecule has 0 aliphatic carbocycles. The Morgan fingerprint density at radius 1 is 0.800 bits per heavy atom. The Labute approximate surface area is 58.1 Å². The predicted molar refractivity (Wildman–Crippen MR) is 31.5 cm³/mol. The lowest BCUT2D eigenvalue weighted by atomic mass is 11.6. The fourth-order valence-electron chi connectivity index (χ4n) is 0.729. The Bertz CT molecular complexity index is 131. The van der Waals surface area contributed by atoms with Crippen molar-refractivity contribution in [2.45, 2.75) is 0 Å². The van der Waals surface area contributed by atoms with Crippen molar-refractivity contribution >= 4 is 18.1 Å². The molecule has 0 bridgehead atoms. The van der Waals surface area contributed by atoms with Crippen LogP contribution in [-0.4, -0.2) is 40.7 Å². The summed E-state index contributed by atoms with van der Waals surface area (Å²) in [6.07, 6.45) is 0. The third-order valence-corrected chi connectivity index (χ3v) is 8.07. The van der Waals surface area contributed by atoms with E-state index in [1.54, 1.807) is 0 Å². The van der Waals surface area contributed by atoms with Gasteiger partial charge in [-0.2, -0.15) is 0 Å². The van der Waals surface area contributed by atoms with Gasteiger partial charge in [0.1, 0.15) is 0 Å². The Balaban J connectivity index is 2.78. The zero-order valence-corrected chi connectivity index (χ0v) is 7.41. The average molecular weight is 190 g/mol. The van der Waals surface area contributed by atoms with Gasteiger partial charge < -0.3 is 0 Å². The summed E-state index contributed by atoms with van der Waals surface area (Å²) >= 11 is 0. The van der Waals surface area contributed by atoms with Gasteiger partial charge >= 0.3 is 18.1 Å². The summed E-state index contributed by atoms with van der Waals surface area (Å²) in [6, 6.07) is 0. The van der Waals surface area contributed by atoms with Gasteiger partial charge in [-0.05, 0) is 14.1 Å². The van der Waals surface area contributed by atoms with E-state index in [1.807, 2.05) is 0 Å². The number of hydrogen-bond acceptors (Lipinski definition) is 2. The maximum Gasteiger partial charge on any atom is 0.595 e. The van der Waals surface area contributed by atoms with Crippen molar-refractivity contribution in [1.29, 1.82) is 0 Å². The quantitative estimate of drug-likeness (QED) is 0.314. The fourth-order valence-corrected chi connectivity index (χ4v) is 5.36. The molecule has 1 aliphatic heterocycles. The molecule has 1 heterocycles. The molecule has 8 heteroatoms.